The third-order valence-corrected chi connectivity index (χ3v) is 5.47. The molecule has 1 aromatic rings. The lowest BCUT2D eigenvalue weighted by atomic mass is 9.72. The van der Waals surface area contributed by atoms with Crippen molar-refractivity contribution < 1.29 is 19.4 Å². The van der Waals surface area contributed by atoms with Crippen LogP contribution in [0.3, 0.4) is 0 Å². The Kier molecular flexibility index (Phi) is 5.09. The van der Waals surface area contributed by atoms with Gasteiger partial charge in [-0.05, 0) is 57.7 Å². The number of aliphatic hydroxyl groups is 1. The van der Waals surface area contributed by atoms with Crippen molar-refractivity contribution in [1.82, 2.24) is 4.90 Å². The number of hydrogen-bond donors (Lipinski definition) is 1. The van der Waals surface area contributed by atoms with Crippen LogP contribution in [0, 0.1) is 11.3 Å². The van der Waals surface area contributed by atoms with E-state index in [1.54, 1.807) is 12.1 Å². The molecule has 2 saturated heterocycles. The lowest BCUT2D eigenvalue weighted by Gasteiger charge is -2.51. The average molecular weight is 372 g/mol. The first-order chi connectivity index (χ1) is 12.7. The highest BCUT2D eigenvalue weighted by Crippen LogP contribution is 2.45. The molecule has 2 aliphatic rings. The van der Waals surface area contributed by atoms with Gasteiger partial charge in [-0.3, -0.25) is 0 Å². The fourth-order valence-corrected chi connectivity index (χ4v) is 4.36. The third kappa shape index (κ3) is 3.89. The van der Waals surface area contributed by atoms with Gasteiger partial charge in [-0.1, -0.05) is 6.07 Å². The van der Waals surface area contributed by atoms with E-state index < -0.39 is 11.2 Å². The number of hydrogen-bond acceptors (Lipinski definition) is 5. The number of fused-ring (bicyclic) bond motifs is 2. The smallest absolute Gasteiger partial charge is 0.410 e. The number of amides is 1. The molecule has 27 heavy (non-hydrogen) atoms. The predicted molar refractivity (Wildman–Crippen MR) is 100 cm³/mol. The SMILES string of the molecule is COc1ccc(C2(O)CC3CCCC(C2)N3C(=O)OC(C)(C)C)cc1C#N. The molecule has 2 heterocycles. The summed E-state index contributed by atoms with van der Waals surface area (Å²) in [6.07, 6.45) is 3.32. The Morgan fingerprint density at radius 1 is 1.30 bits per heavy atom. The molecule has 1 amide bonds. The van der Waals surface area contributed by atoms with Gasteiger partial charge in [0.15, 0.2) is 0 Å². The minimum Gasteiger partial charge on any atom is -0.495 e. The molecule has 2 unspecified atom stereocenters. The van der Waals surface area contributed by atoms with Gasteiger partial charge in [0, 0.05) is 24.9 Å². The average Bonchev–Trinajstić information content (AvgIpc) is 2.58. The van der Waals surface area contributed by atoms with Gasteiger partial charge < -0.3 is 19.5 Å². The Morgan fingerprint density at radius 3 is 2.44 bits per heavy atom. The summed E-state index contributed by atoms with van der Waals surface area (Å²) in [5.74, 6) is 0.497. The van der Waals surface area contributed by atoms with Crippen molar-refractivity contribution in [2.45, 2.75) is 76.2 Å². The van der Waals surface area contributed by atoms with E-state index in [1.807, 2.05) is 31.7 Å². The largest absolute Gasteiger partial charge is 0.495 e. The molecular formula is C21H28N2O4. The molecule has 6 heteroatoms. The van der Waals surface area contributed by atoms with Crippen molar-refractivity contribution in [2.75, 3.05) is 7.11 Å². The Morgan fingerprint density at radius 2 is 1.93 bits per heavy atom. The Hall–Kier alpha value is -2.26. The van der Waals surface area contributed by atoms with Crippen LogP contribution in [-0.2, 0) is 10.3 Å². The van der Waals surface area contributed by atoms with Crippen LogP contribution in [0.15, 0.2) is 18.2 Å². The Bertz CT molecular complexity index is 748. The second-order valence-corrected chi connectivity index (χ2v) is 8.59. The maximum absolute atomic E-state index is 12.7. The van der Waals surface area contributed by atoms with Crippen LogP contribution in [0.1, 0.15) is 64.0 Å². The van der Waals surface area contributed by atoms with Crippen molar-refractivity contribution >= 4 is 6.09 Å². The lowest BCUT2D eigenvalue weighted by molar-refractivity contribution is -0.0965. The number of piperidine rings is 2. The first-order valence-corrected chi connectivity index (χ1v) is 9.49. The Balaban J connectivity index is 1.87. The highest BCUT2D eigenvalue weighted by atomic mass is 16.6. The zero-order valence-corrected chi connectivity index (χ0v) is 16.5. The second kappa shape index (κ2) is 7.05. The predicted octanol–water partition coefficient (Wildman–Crippen LogP) is 3.71. The minimum absolute atomic E-state index is 0.0648. The number of carbonyl (C=O) groups is 1. The number of rotatable bonds is 2. The summed E-state index contributed by atoms with van der Waals surface area (Å²) in [5, 5.41) is 20.8. The molecule has 0 saturated carbocycles. The molecule has 6 nitrogen and oxygen atoms in total. The van der Waals surface area contributed by atoms with Gasteiger partial charge >= 0.3 is 6.09 Å². The molecule has 1 N–H and O–H groups in total. The molecule has 0 spiro atoms. The van der Waals surface area contributed by atoms with Gasteiger partial charge in [-0.2, -0.15) is 5.26 Å². The molecule has 1 aromatic carbocycles. The van der Waals surface area contributed by atoms with Gasteiger partial charge in [-0.25, -0.2) is 4.79 Å². The Labute approximate surface area is 160 Å². The summed E-state index contributed by atoms with van der Waals surface area (Å²) in [6, 6.07) is 7.24. The van der Waals surface area contributed by atoms with E-state index in [4.69, 9.17) is 9.47 Å². The van der Waals surface area contributed by atoms with Crippen molar-refractivity contribution in [2.24, 2.45) is 0 Å². The summed E-state index contributed by atoms with van der Waals surface area (Å²) in [5.41, 5.74) is -0.494. The molecule has 2 atom stereocenters. The topological polar surface area (TPSA) is 82.8 Å². The molecule has 2 aliphatic heterocycles. The monoisotopic (exact) mass is 372 g/mol. The molecule has 0 radical (unpaired) electrons. The fraction of sp³-hybridized carbons (Fsp3) is 0.619. The highest BCUT2D eigenvalue weighted by molar-refractivity contribution is 5.69. The summed E-state index contributed by atoms with van der Waals surface area (Å²) in [4.78, 5) is 14.6. The van der Waals surface area contributed by atoms with Crippen LogP contribution in [0.25, 0.3) is 0 Å². The number of methoxy groups -OCH3 is 1. The molecule has 146 valence electrons. The number of nitriles is 1. The van der Waals surface area contributed by atoms with Crippen molar-refractivity contribution in [3.8, 4) is 11.8 Å². The van der Waals surface area contributed by atoms with Crippen LogP contribution in [0.4, 0.5) is 4.79 Å². The number of carbonyl (C=O) groups excluding carboxylic acids is 1. The molecular weight excluding hydrogens is 344 g/mol. The zero-order valence-electron chi connectivity index (χ0n) is 16.5. The first-order valence-electron chi connectivity index (χ1n) is 9.49. The minimum atomic E-state index is -1.06. The van der Waals surface area contributed by atoms with Gasteiger partial charge in [-0.15, -0.1) is 0 Å². The molecule has 3 rings (SSSR count). The normalized spacial score (nSPS) is 27.6. The maximum atomic E-state index is 12.7. The molecule has 2 bridgehead atoms. The van der Waals surface area contributed by atoms with E-state index in [0.717, 1.165) is 19.3 Å². The summed E-state index contributed by atoms with van der Waals surface area (Å²) >= 11 is 0. The zero-order chi connectivity index (χ0) is 19.8. The van der Waals surface area contributed by atoms with Gasteiger partial charge in [0.2, 0.25) is 0 Å². The highest BCUT2D eigenvalue weighted by Gasteiger charge is 2.49. The quantitative estimate of drug-likeness (QED) is 0.856. The van der Waals surface area contributed by atoms with E-state index in [9.17, 15) is 15.2 Å². The van der Waals surface area contributed by atoms with Crippen LogP contribution in [0.5, 0.6) is 5.75 Å². The maximum Gasteiger partial charge on any atom is 0.410 e. The fourth-order valence-electron chi connectivity index (χ4n) is 4.36. The van der Waals surface area contributed by atoms with Crippen LogP contribution >= 0.6 is 0 Å². The van der Waals surface area contributed by atoms with E-state index in [2.05, 4.69) is 6.07 Å². The lowest BCUT2D eigenvalue weighted by Crippen LogP contribution is -2.59. The van der Waals surface area contributed by atoms with Gasteiger partial charge in [0.05, 0.1) is 18.3 Å². The van der Waals surface area contributed by atoms with Gasteiger partial charge in [0.1, 0.15) is 17.4 Å². The standard InChI is InChI=1S/C21H28N2O4/c1-20(2,3)27-19(24)23-16-6-5-7-17(23)12-21(25,11-16)15-8-9-18(26-4)14(10-15)13-22/h8-10,16-17,25H,5-7,11-12H2,1-4H3. The summed E-state index contributed by atoms with van der Waals surface area (Å²) in [6.45, 7) is 5.59. The summed E-state index contributed by atoms with van der Waals surface area (Å²) < 4.78 is 10.8. The van der Waals surface area contributed by atoms with E-state index in [-0.39, 0.29) is 18.2 Å². The number of ether oxygens (including phenoxy) is 2. The number of benzene rings is 1. The van der Waals surface area contributed by atoms with Gasteiger partial charge in [0.25, 0.3) is 0 Å². The molecule has 2 fully saturated rings. The van der Waals surface area contributed by atoms with Crippen molar-refractivity contribution in [3.05, 3.63) is 29.3 Å². The molecule has 0 aliphatic carbocycles. The number of nitrogens with zero attached hydrogens (tertiary/aromatic N) is 2. The van der Waals surface area contributed by atoms with Crippen LogP contribution in [0.2, 0.25) is 0 Å². The third-order valence-electron chi connectivity index (χ3n) is 5.47. The summed E-state index contributed by atoms with van der Waals surface area (Å²) in [7, 11) is 1.52. The second-order valence-electron chi connectivity index (χ2n) is 8.59. The van der Waals surface area contributed by atoms with Crippen molar-refractivity contribution in [1.29, 1.82) is 5.26 Å². The molecule has 0 aromatic heterocycles. The van der Waals surface area contributed by atoms with E-state index in [1.165, 1.54) is 7.11 Å². The van der Waals surface area contributed by atoms with Crippen molar-refractivity contribution in [3.63, 3.8) is 0 Å². The van der Waals surface area contributed by atoms with E-state index >= 15 is 0 Å². The van der Waals surface area contributed by atoms with Crippen LogP contribution in [-0.4, -0.2) is 40.9 Å². The first kappa shape index (κ1) is 19.5. The van der Waals surface area contributed by atoms with Crippen LogP contribution < -0.4 is 4.74 Å². The van der Waals surface area contributed by atoms with E-state index in [0.29, 0.717) is 29.7 Å².